The van der Waals surface area contributed by atoms with Crippen molar-refractivity contribution >= 4 is 28.6 Å². The molecule has 0 saturated heterocycles. The van der Waals surface area contributed by atoms with Crippen molar-refractivity contribution in [1.82, 2.24) is 0 Å². The number of carbonyl (C=O) groups is 1. The van der Waals surface area contributed by atoms with Crippen molar-refractivity contribution in [3.05, 3.63) is 44.1 Å². The SMILES string of the molecule is CCOC(=O)C1=C(C)OC(N)=C(C#N)C1c1cc(I)c(OC(C)C)c(OCC)c1. The minimum Gasteiger partial charge on any atom is -0.490 e. The molecule has 29 heavy (non-hydrogen) atoms. The third-order valence-electron chi connectivity index (χ3n) is 4.12. The zero-order chi connectivity index (χ0) is 21.7. The second kappa shape index (κ2) is 9.87. The maximum absolute atomic E-state index is 12.7. The summed E-state index contributed by atoms with van der Waals surface area (Å²) >= 11 is 2.15. The second-order valence-electron chi connectivity index (χ2n) is 6.54. The number of esters is 1. The van der Waals surface area contributed by atoms with E-state index in [1.807, 2.05) is 26.8 Å². The summed E-state index contributed by atoms with van der Waals surface area (Å²) in [5.74, 6) is 0.150. The van der Waals surface area contributed by atoms with Gasteiger partial charge in [0.1, 0.15) is 17.4 Å². The number of halogens is 1. The monoisotopic (exact) mass is 512 g/mol. The van der Waals surface area contributed by atoms with Crippen LogP contribution in [-0.2, 0) is 14.3 Å². The summed E-state index contributed by atoms with van der Waals surface area (Å²) in [4.78, 5) is 12.7. The number of carbonyl (C=O) groups excluding carboxylic acids is 1. The molecular weight excluding hydrogens is 487 g/mol. The Morgan fingerprint density at radius 1 is 1.34 bits per heavy atom. The van der Waals surface area contributed by atoms with Crippen molar-refractivity contribution in [3.63, 3.8) is 0 Å². The van der Waals surface area contributed by atoms with E-state index in [1.54, 1.807) is 19.9 Å². The first kappa shape index (κ1) is 22.9. The predicted molar refractivity (Wildman–Crippen MR) is 116 cm³/mol. The lowest BCUT2D eigenvalue weighted by atomic mass is 9.83. The summed E-state index contributed by atoms with van der Waals surface area (Å²) in [6, 6.07) is 5.71. The average molecular weight is 512 g/mol. The zero-order valence-corrected chi connectivity index (χ0v) is 19.3. The van der Waals surface area contributed by atoms with Gasteiger partial charge in [0.05, 0.1) is 34.4 Å². The van der Waals surface area contributed by atoms with Crippen molar-refractivity contribution in [3.8, 4) is 17.6 Å². The fraction of sp³-hybridized carbons (Fsp3) is 0.429. The lowest BCUT2D eigenvalue weighted by Crippen LogP contribution is -2.25. The molecule has 0 spiro atoms. The molecule has 156 valence electrons. The number of nitrogens with zero attached hydrogens (tertiary/aromatic N) is 1. The van der Waals surface area contributed by atoms with Gasteiger partial charge in [-0.2, -0.15) is 5.26 Å². The van der Waals surface area contributed by atoms with Crippen LogP contribution in [0.3, 0.4) is 0 Å². The number of rotatable bonds is 7. The maximum atomic E-state index is 12.7. The normalized spacial score (nSPS) is 16.4. The molecule has 8 heteroatoms. The topological polar surface area (TPSA) is 104 Å². The largest absolute Gasteiger partial charge is 0.490 e. The molecule has 0 fully saturated rings. The molecule has 1 aromatic carbocycles. The molecule has 0 aliphatic carbocycles. The fourth-order valence-electron chi connectivity index (χ4n) is 3.06. The highest BCUT2D eigenvalue weighted by atomic mass is 127. The summed E-state index contributed by atoms with van der Waals surface area (Å²) in [6.07, 6.45) is -0.0425. The number of allylic oxidation sites excluding steroid dienone is 2. The van der Waals surface area contributed by atoms with Crippen LogP contribution in [0, 0.1) is 14.9 Å². The molecular formula is C21H25IN2O5. The summed E-state index contributed by atoms with van der Waals surface area (Å²) < 4.78 is 23.2. The zero-order valence-electron chi connectivity index (χ0n) is 17.2. The van der Waals surface area contributed by atoms with Crippen LogP contribution in [0.2, 0.25) is 0 Å². The van der Waals surface area contributed by atoms with E-state index in [2.05, 4.69) is 28.7 Å². The van der Waals surface area contributed by atoms with Crippen LogP contribution in [0.1, 0.15) is 46.1 Å². The Balaban J connectivity index is 2.70. The third kappa shape index (κ3) is 4.96. The molecule has 7 nitrogen and oxygen atoms in total. The molecule has 0 bridgehead atoms. The van der Waals surface area contributed by atoms with Gasteiger partial charge in [-0.15, -0.1) is 0 Å². The molecule has 0 saturated carbocycles. The highest BCUT2D eigenvalue weighted by Crippen LogP contribution is 2.44. The summed E-state index contributed by atoms with van der Waals surface area (Å²) in [5.41, 5.74) is 7.02. The maximum Gasteiger partial charge on any atom is 0.338 e. The van der Waals surface area contributed by atoms with Crippen LogP contribution < -0.4 is 15.2 Å². The second-order valence-corrected chi connectivity index (χ2v) is 7.71. The van der Waals surface area contributed by atoms with Crippen LogP contribution >= 0.6 is 22.6 Å². The van der Waals surface area contributed by atoms with Gasteiger partial charge in [0.2, 0.25) is 5.88 Å². The molecule has 1 aliphatic rings. The Labute approximate surface area is 184 Å². The van der Waals surface area contributed by atoms with E-state index >= 15 is 0 Å². The Morgan fingerprint density at radius 3 is 2.59 bits per heavy atom. The van der Waals surface area contributed by atoms with E-state index in [9.17, 15) is 10.1 Å². The van der Waals surface area contributed by atoms with Crippen molar-refractivity contribution in [2.75, 3.05) is 13.2 Å². The van der Waals surface area contributed by atoms with E-state index in [-0.39, 0.29) is 29.7 Å². The molecule has 0 radical (unpaired) electrons. The number of hydrogen-bond acceptors (Lipinski definition) is 7. The summed E-state index contributed by atoms with van der Waals surface area (Å²) in [7, 11) is 0. The lowest BCUT2D eigenvalue weighted by Gasteiger charge is -2.28. The van der Waals surface area contributed by atoms with Gasteiger partial charge in [-0.05, 0) is 74.9 Å². The average Bonchev–Trinajstić information content (AvgIpc) is 2.63. The van der Waals surface area contributed by atoms with Gasteiger partial charge in [0.25, 0.3) is 0 Å². The van der Waals surface area contributed by atoms with Crippen molar-refractivity contribution in [2.45, 2.75) is 46.6 Å². The summed E-state index contributed by atoms with van der Waals surface area (Å²) in [6.45, 7) is 9.72. The fourth-order valence-corrected chi connectivity index (χ4v) is 3.81. The molecule has 1 aromatic rings. The first-order valence-corrected chi connectivity index (χ1v) is 10.4. The molecule has 1 heterocycles. The third-order valence-corrected chi connectivity index (χ3v) is 4.92. The Bertz CT molecular complexity index is 899. The van der Waals surface area contributed by atoms with Gasteiger partial charge in [-0.25, -0.2) is 4.79 Å². The number of hydrogen-bond donors (Lipinski definition) is 1. The predicted octanol–water partition coefficient (Wildman–Crippen LogP) is 4.12. The van der Waals surface area contributed by atoms with E-state index in [4.69, 9.17) is 24.7 Å². The van der Waals surface area contributed by atoms with Crippen LogP contribution in [0.15, 0.2) is 34.9 Å². The number of nitriles is 1. The van der Waals surface area contributed by atoms with Gasteiger partial charge >= 0.3 is 5.97 Å². The number of benzene rings is 1. The van der Waals surface area contributed by atoms with E-state index in [0.717, 1.165) is 3.57 Å². The molecule has 0 amide bonds. The molecule has 0 aromatic heterocycles. The van der Waals surface area contributed by atoms with Gasteiger partial charge in [0, 0.05) is 0 Å². The lowest BCUT2D eigenvalue weighted by molar-refractivity contribution is -0.139. The Morgan fingerprint density at radius 2 is 2.03 bits per heavy atom. The van der Waals surface area contributed by atoms with E-state index in [1.165, 1.54) is 0 Å². The summed E-state index contributed by atoms with van der Waals surface area (Å²) in [5, 5.41) is 9.72. The minimum absolute atomic E-state index is 0.0291. The van der Waals surface area contributed by atoms with Crippen LogP contribution in [0.25, 0.3) is 0 Å². The van der Waals surface area contributed by atoms with Crippen LogP contribution in [0.4, 0.5) is 0 Å². The van der Waals surface area contributed by atoms with Gasteiger partial charge in [-0.1, -0.05) is 0 Å². The first-order valence-electron chi connectivity index (χ1n) is 9.33. The van der Waals surface area contributed by atoms with Crippen LogP contribution in [0.5, 0.6) is 11.5 Å². The van der Waals surface area contributed by atoms with Crippen molar-refractivity contribution in [1.29, 1.82) is 5.26 Å². The van der Waals surface area contributed by atoms with Gasteiger partial charge in [0.15, 0.2) is 11.5 Å². The smallest absolute Gasteiger partial charge is 0.338 e. The van der Waals surface area contributed by atoms with Gasteiger partial charge < -0.3 is 24.7 Å². The quantitative estimate of drug-likeness (QED) is 0.433. The van der Waals surface area contributed by atoms with E-state index < -0.39 is 11.9 Å². The number of nitrogens with two attached hydrogens (primary N) is 1. The number of ether oxygens (including phenoxy) is 4. The molecule has 1 unspecified atom stereocenters. The molecule has 2 rings (SSSR count). The van der Waals surface area contributed by atoms with E-state index in [0.29, 0.717) is 29.4 Å². The highest BCUT2D eigenvalue weighted by Gasteiger charge is 2.37. The Hall–Kier alpha value is -2.41. The molecule has 2 N–H and O–H groups in total. The van der Waals surface area contributed by atoms with Crippen molar-refractivity contribution in [2.24, 2.45) is 5.73 Å². The highest BCUT2D eigenvalue weighted by molar-refractivity contribution is 14.1. The van der Waals surface area contributed by atoms with Crippen molar-refractivity contribution < 1.29 is 23.7 Å². The Kier molecular flexibility index (Phi) is 7.79. The van der Waals surface area contributed by atoms with Crippen LogP contribution in [-0.4, -0.2) is 25.3 Å². The minimum atomic E-state index is -0.728. The molecule has 1 atom stereocenters. The first-order chi connectivity index (χ1) is 13.7. The molecule has 1 aliphatic heterocycles. The standard InChI is InChI=1S/C21H25IN2O5/c1-6-26-16-9-13(8-15(22)19(16)28-11(3)4)18-14(10-23)20(24)29-12(5)17(18)21(25)27-7-2/h8-9,11,18H,6-7,24H2,1-5H3. The van der Waals surface area contributed by atoms with Gasteiger partial charge in [-0.3, -0.25) is 0 Å².